The predicted molar refractivity (Wildman–Crippen MR) is 90.6 cm³/mol. The van der Waals surface area contributed by atoms with Crippen LogP contribution in [0.15, 0.2) is 54.6 Å². The van der Waals surface area contributed by atoms with E-state index in [-0.39, 0.29) is 6.04 Å². The standard InChI is InChI=1S/C18H23NOS/c1-14(2)16-8-10-17(11-9-16)18(19)13-21(20)12-15-6-4-3-5-7-15/h3-11,14,18H,12-13,19H2,1-2H3. The van der Waals surface area contributed by atoms with Gasteiger partial charge in [0.2, 0.25) is 0 Å². The zero-order valence-electron chi connectivity index (χ0n) is 12.7. The van der Waals surface area contributed by atoms with Gasteiger partial charge in [-0.15, -0.1) is 0 Å². The molecule has 0 saturated carbocycles. The summed E-state index contributed by atoms with van der Waals surface area (Å²) < 4.78 is 12.2. The number of nitrogens with two attached hydrogens (primary N) is 1. The maximum atomic E-state index is 12.2. The highest BCUT2D eigenvalue weighted by molar-refractivity contribution is 7.84. The topological polar surface area (TPSA) is 43.1 Å². The van der Waals surface area contributed by atoms with Crippen LogP contribution in [-0.2, 0) is 16.6 Å². The minimum atomic E-state index is -0.941. The molecule has 0 saturated heterocycles. The van der Waals surface area contributed by atoms with Crippen LogP contribution in [0.2, 0.25) is 0 Å². The summed E-state index contributed by atoms with van der Waals surface area (Å²) in [5, 5.41) is 0. The smallest absolute Gasteiger partial charge is 0.0486 e. The molecule has 2 unspecified atom stereocenters. The lowest BCUT2D eigenvalue weighted by molar-refractivity contribution is 0.674. The zero-order valence-corrected chi connectivity index (χ0v) is 13.5. The molecule has 0 fully saturated rings. The van der Waals surface area contributed by atoms with Gasteiger partial charge in [-0.05, 0) is 22.6 Å². The molecule has 0 radical (unpaired) electrons. The van der Waals surface area contributed by atoms with E-state index in [0.717, 1.165) is 11.1 Å². The van der Waals surface area contributed by atoms with E-state index in [1.54, 1.807) is 0 Å². The Hall–Kier alpha value is -1.45. The van der Waals surface area contributed by atoms with Gasteiger partial charge in [0.05, 0.1) is 0 Å². The quantitative estimate of drug-likeness (QED) is 0.883. The SMILES string of the molecule is CC(C)c1ccc(C(N)CS(=O)Cc2ccccc2)cc1. The summed E-state index contributed by atoms with van der Waals surface area (Å²) in [6.07, 6.45) is 0. The Morgan fingerprint density at radius 2 is 1.52 bits per heavy atom. The number of rotatable bonds is 6. The molecule has 0 aromatic heterocycles. The Bertz CT molecular complexity index is 578. The maximum absolute atomic E-state index is 12.2. The summed E-state index contributed by atoms with van der Waals surface area (Å²) in [6, 6.07) is 18.1. The van der Waals surface area contributed by atoms with Crippen LogP contribution >= 0.6 is 0 Å². The first-order valence-electron chi connectivity index (χ1n) is 7.30. The van der Waals surface area contributed by atoms with Gasteiger partial charge in [-0.1, -0.05) is 68.4 Å². The van der Waals surface area contributed by atoms with Crippen molar-refractivity contribution in [1.29, 1.82) is 0 Å². The van der Waals surface area contributed by atoms with Crippen molar-refractivity contribution in [2.24, 2.45) is 5.73 Å². The van der Waals surface area contributed by atoms with Gasteiger partial charge in [0.25, 0.3) is 0 Å². The average molecular weight is 301 g/mol. The summed E-state index contributed by atoms with van der Waals surface area (Å²) in [5.41, 5.74) is 9.64. The fourth-order valence-corrected chi connectivity index (χ4v) is 3.52. The van der Waals surface area contributed by atoms with Crippen molar-refractivity contribution in [3.05, 3.63) is 71.3 Å². The van der Waals surface area contributed by atoms with E-state index < -0.39 is 10.8 Å². The molecular formula is C18H23NOS. The molecule has 2 nitrogen and oxygen atoms in total. The van der Waals surface area contributed by atoms with Gasteiger partial charge in [-0.2, -0.15) is 0 Å². The lowest BCUT2D eigenvalue weighted by Gasteiger charge is -2.13. The first-order valence-corrected chi connectivity index (χ1v) is 8.79. The molecule has 0 spiro atoms. The Labute approximate surface area is 129 Å². The third-order valence-electron chi connectivity index (χ3n) is 3.57. The van der Waals surface area contributed by atoms with E-state index in [9.17, 15) is 4.21 Å². The third-order valence-corrected chi connectivity index (χ3v) is 4.95. The van der Waals surface area contributed by atoms with Crippen LogP contribution in [0.5, 0.6) is 0 Å². The van der Waals surface area contributed by atoms with Crippen molar-refractivity contribution in [2.45, 2.75) is 31.6 Å². The molecular weight excluding hydrogens is 278 g/mol. The Morgan fingerprint density at radius 3 is 2.10 bits per heavy atom. The lowest BCUT2D eigenvalue weighted by atomic mass is 10.00. The van der Waals surface area contributed by atoms with Crippen LogP contribution in [0.3, 0.4) is 0 Å². The van der Waals surface area contributed by atoms with Gasteiger partial charge < -0.3 is 5.73 Å². The molecule has 2 N–H and O–H groups in total. The number of benzene rings is 2. The van der Waals surface area contributed by atoms with Gasteiger partial charge in [-0.25, -0.2) is 0 Å². The molecule has 0 aliphatic rings. The molecule has 2 atom stereocenters. The molecule has 0 aliphatic carbocycles. The maximum Gasteiger partial charge on any atom is 0.0486 e. The highest BCUT2D eigenvalue weighted by atomic mass is 32.2. The highest BCUT2D eigenvalue weighted by Crippen LogP contribution is 2.18. The van der Waals surface area contributed by atoms with E-state index >= 15 is 0 Å². The minimum Gasteiger partial charge on any atom is -0.323 e. The monoisotopic (exact) mass is 301 g/mol. The van der Waals surface area contributed by atoms with Crippen molar-refractivity contribution < 1.29 is 4.21 Å². The molecule has 0 bridgehead atoms. The second-order valence-corrected chi connectivity index (χ2v) is 7.17. The molecule has 2 aromatic rings. The predicted octanol–water partition coefficient (Wildman–Crippen LogP) is 3.76. The summed E-state index contributed by atoms with van der Waals surface area (Å²) in [5.74, 6) is 1.58. The number of hydrogen-bond acceptors (Lipinski definition) is 2. The van der Waals surface area contributed by atoms with Crippen molar-refractivity contribution in [1.82, 2.24) is 0 Å². The Balaban J connectivity index is 1.94. The average Bonchev–Trinajstić information content (AvgIpc) is 2.48. The molecule has 0 heterocycles. The molecule has 2 aromatic carbocycles. The van der Waals surface area contributed by atoms with Crippen LogP contribution in [0.25, 0.3) is 0 Å². The molecule has 0 amide bonds. The van der Waals surface area contributed by atoms with Crippen LogP contribution in [0.1, 0.15) is 42.5 Å². The highest BCUT2D eigenvalue weighted by Gasteiger charge is 2.11. The van der Waals surface area contributed by atoms with Crippen molar-refractivity contribution in [3.63, 3.8) is 0 Å². The Morgan fingerprint density at radius 1 is 0.952 bits per heavy atom. The summed E-state index contributed by atoms with van der Waals surface area (Å²) in [6.45, 7) is 4.34. The van der Waals surface area contributed by atoms with E-state index in [2.05, 4.69) is 38.1 Å². The van der Waals surface area contributed by atoms with Crippen LogP contribution in [0.4, 0.5) is 0 Å². The minimum absolute atomic E-state index is 0.171. The van der Waals surface area contributed by atoms with E-state index in [0.29, 0.717) is 17.4 Å². The van der Waals surface area contributed by atoms with Crippen LogP contribution < -0.4 is 5.73 Å². The van der Waals surface area contributed by atoms with E-state index in [4.69, 9.17) is 5.73 Å². The fraction of sp³-hybridized carbons (Fsp3) is 0.333. The molecule has 21 heavy (non-hydrogen) atoms. The fourth-order valence-electron chi connectivity index (χ4n) is 2.24. The molecule has 112 valence electrons. The summed E-state index contributed by atoms with van der Waals surface area (Å²) in [7, 11) is -0.941. The van der Waals surface area contributed by atoms with Gasteiger partial charge in [0, 0.05) is 28.3 Å². The molecule has 0 aliphatic heterocycles. The first-order chi connectivity index (χ1) is 10.1. The van der Waals surface area contributed by atoms with Crippen molar-refractivity contribution in [3.8, 4) is 0 Å². The second kappa shape index (κ2) is 7.53. The molecule has 2 rings (SSSR count). The van der Waals surface area contributed by atoms with Crippen LogP contribution in [-0.4, -0.2) is 9.96 Å². The van der Waals surface area contributed by atoms with E-state index in [1.165, 1.54) is 5.56 Å². The Kier molecular flexibility index (Phi) is 5.71. The lowest BCUT2D eigenvalue weighted by Crippen LogP contribution is -2.19. The normalized spacial score (nSPS) is 14.1. The second-order valence-electron chi connectivity index (χ2n) is 5.66. The first kappa shape index (κ1) is 15.9. The third kappa shape index (κ3) is 4.80. The van der Waals surface area contributed by atoms with Gasteiger partial charge >= 0.3 is 0 Å². The number of hydrogen-bond donors (Lipinski definition) is 1. The van der Waals surface area contributed by atoms with Crippen LogP contribution in [0, 0.1) is 0 Å². The van der Waals surface area contributed by atoms with Crippen molar-refractivity contribution in [2.75, 3.05) is 5.75 Å². The zero-order chi connectivity index (χ0) is 15.2. The summed E-state index contributed by atoms with van der Waals surface area (Å²) in [4.78, 5) is 0. The van der Waals surface area contributed by atoms with E-state index in [1.807, 2.05) is 30.3 Å². The van der Waals surface area contributed by atoms with Gasteiger partial charge in [0.15, 0.2) is 0 Å². The van der Waals surface area contributed by atoms with Gasteiger partial charge in [-0.3, -0.25) is 4.21 Å². The van der Waals surface area contributed by atoms with Crippen molar-refractivity contribution >= 4 is 10.8 Å². The molecule has 3 heteroatoms. The van der Waals surface area contributed by atoms with Gasteiger partial charge in [0.1, 0.15) is 0 Å². The largest absolute Gasteiger partial charge is 0.323 e. The summed E-state index contributed by atoms with van der Waals surface area (Å²) >= 11 is 0.